The monoisotopic (exact) mass is 345 g/mol. The molecular weight excluding hydrogens is 334 g/mol. The van der Waals surface area contributed by atoms with Crippen molar-refractivity contribution in [2.45, 2.75) is 6.54 Å². The van der Waals surface area contributed by atoms with Crippen molar-refractivity contribution in [3.8, 4) is 0 Å². The molecule has 0 saturated carbocycles. The van der Waals surface area contributed by atoms with Crippen LogP contribution in [0.4, 0.5) is 5.69 Å². The van der Waals surface area contributed by atoms with Crippen molar-refractivity contribution in [3.05, 3.63) is 57.8 Å². The normalized spacial score (nSPS) is 13.5. The highest BCUT2D eigenvalue weighted by atomic mass is 79.9. The maximum atomic E-state index is 12.4. The second kappa shape index (κ2) is 5.29. The number of nitrogens with zero attached hydrogens (tertiary/aromatic N) is 2. The summed E-state index contributed by atoms with van der Waals surface area (Å²) < 4.78 is 0.777. The van der Waals surface area contributed by atoms with Crippen LogP contribution in [-0.4, -0.2) is 28.7 Å². The number of halogens is 1. The second-order valence-corrected chi connectivity index (χ2v) is 5.59. The molecule has 6 heteroatoms. The fourth-order valence-corrected chi connectivity index (χ4v) is 2.65. The van der Waals surface area contributed by atoms with Gasteiger partial charge in [0.1, 0.15) is 0 Å². The average Bonchev–Trinajstić information content (AvgIpc) is 2.72. The minimum Gasteiger partial charge on any atom is -0.388 e. The molecule has 0 atom stereocenters. The predicted octanol–water partition coefficient (Wildman–Crippen LogP) is 2.68. The molecule has 0 unspecified atom stereocenters. The van der Waals surface area contributed by atoms with E-state index in [9.17, 15) is 9.59 Å². The van der Waals surface area contributed by atoms with E-state index in [1.807, 2.05) is 12.1 Å². The maximum Gasteiger partial charge on any atom is 0.261 e. The fourth-order valence-electron chi connectivity index (χ4n) is 2.29. The molecule has 0 bridgehead atoms. The van der Waals surface area contributed by atoms with Crippen molar-refractivity contribution in [1.82, 2.24) is 9.88 Å². The van der Waals surface area contributed by atoms with E-state index in [4.69, 9.17) is 0 Å². The molecule has 2 amide bonds. The summed E-state index contributed by atoms with van der Waals surface area (Å²) in [4.78, 5) is 30.1. The Kier molecular flexibility index (Phi) is 3.47. The van der Waals surface area contributed by atoms with Crippen LogP contribution >= 0.6 is 15.9 Å². The van der Waals surface area contributed by atoms with Crippen LogP contribution in [0.15, 0.2) is 41.0 Å². The quantitative estimate of drug-likeness (QED) is 0.868. The Morgan fingerprint density at radius 3 is 2.67 bits per heavy atom. The van der Waals surface area contributed by atoms with Crippen LogP contribution in [0.3, 0.4) is 0 Å². The van der Waals surface area contributed by atoms with Gasteiger partial charge < -0.3 is 5.32 Å². The Balaban J connectivity index is 1.91. The number of imide groups is 1. The highest BCUT2D eigenvalue weighted by molar-refractivity contribution is 9.10. The van der Waals surface area contributed by atoms with E-state index in [2.05, 4.69) is 26.2 Å². The highest BCUT2D eigenvalue weighted by Gasteiger charge is 2.35. The molecule has 0 aliphatic carbocycles. The molecule has 3 rings (SSSR count). The first-order valence-corrected chi connectivity index (χ1v) is 7.18. The number of benzene rings is 1. The Morgan fingerprint density at radius 1 is 1.14 bits per heavy atom. The zero-order valence-electron chi connectivity index (χ0n) is 11.3. The summed E-state index contributed by atoms with van der Waals surface area (Å²) in [6, 6.07) is 8.74. The van der Waals surface area contributed by atoms with Gasteiger partial charge in [0.25, 0.3) is 11.8 Å². The van der Waals surface area contributed by atoms with Gasteiger partial charge in [-0.3, -0.25) is 19.5 Å². The number of nitrogens with one attached hydrogen (secondary N) is 1. The first-order chi connectivity index (χ1) is 10.1. The summed E-state index contributed by atoms with van der Waals surface area (Å²) in [7, 11) is 1.80. The predicted molar refractivity (Wildman–Crippen MR) is 82.1 cm³/mol. The minimum atomic E-state index is -0.284. The number of carbonyl (C=O) groups is 2. The van der Waals surface area contributed by atoms with E-state index >= 15 is 0 Å². The smallest absolute Gasteiger partial charge is 0.261 e. The molecule has 1 aromatic heterocycles. The minimum absolute atomic E-state index is 0.166. The number of pyridine rings is 1. The number of hydrogen-bond acceptors (Lipinski definition) is 4. The summed E-state index contributed by atoms with van der Waals surface area (Å²) in [5.74, 6) is -0.563. The van der Waals surface area contributed by atoms with Crippen LogP contribution in [0.25, 0.3) is 0 Å². The zero-order chi connectivity index (χ0) is 15.0. The Labute approximate surface area is 130 Å². The van der Waals surface area contributed by atoms with E-state index in [1.54, 1.807) is 31.4 Å². The van der Waals surface area contributed by atoms with Crippen LogP contribution in [0, 0.1) is 0 Å². The van der Waals surface area contributed by atoms with Crippen molar-refractivity contribution in [2.24, 2.45) is 0 Å². The summed E-state index contributed by atoms with van der Waals surface area (Å²) >= 11 is 3.32. The summed E-state index contributed by atoms with van der Waals surface area (Å²) in [6.07, 6.45) is 1.65. The third-order valence-corrected chi connectivity index (χ3v) is 3.85. The largest absolute Gasteiger partial charge is 0.388 e. The lowest BCUT2D eigenvalue weighted by Gasteiger charge is -2.13. The van der Waals surface area contributed by atoms with E-state index < -0.39 is 0 Å². The van der Waals surface area contributed by atoms with Crippen molar-refractivity contribution < 1.29 is 9.59 Å². The lowest BCUT2D eigenvalue weighted by Crippen LogP contribution is -2.29. The van der Waals surface area contributed by atoms with Gasteiger partial charge in [-0.25, -0.2) is 0 Å². The molecule has 1 aliphatic heterocycles. The van der Waals surface area contributed by atoms with Crippen LogP contribution in [-0.2, 0) is 6.54 Å². The van der Waals surface area contributed by atoms with Gasteiger partial charge in [-0.2, -0.15) is 0 Å². The third-order valence-electron chi connectivity index (χ3n) is 3.36. The molecule has 0 spiro atoms. The number of carbonyl (C=O) groups excluding carboxylic acids is 2. The lowest BCUT2D eigenvalue weighted by atomic mass is 10.1. The SMILES string of the molecule is CNc1ccnc(CN2C(=O)c3ccc(Br)cc3C2=O)c1. The van der Waals surface area contributed by atoms with Gasteiger partial charge in [-0.1, -0.05) is 15.9 Å². The van der Waals surface area contributed by atoms with E-state index in [-0.39, 0.29) is 18.4 Å². The second-order valence-electron chi connectivity index (χ2n) is 4.67. The molecule has 2 aromatic rings. The summed E-state index contributed by atoms with van der Waals surface area (Å²) in [5, 5.41) is 3.00. The number of anilines is 1. The van der Waals surface area contributed by atoms with Gasteiger partial charge in [-0.05, 0) is 30.3 Å². The van der Waals surface area contributed by atoms with E-state index in [1.165, 1.54) is 4.90 Å². The number of hydrogen-bond donors (Lipinski definition) is 1. The topological polar surface area (TPSA) is 62.3 Å². The van der Waals surface area contributed by atoms with Crippen LogP contribution in [0.5, 0.6) is 0 Å². The fraction of sp³-hybridized carbons (Fsp3) is 0.133. The van der Waals surface area contributed by atoms with Crippen LogP contribution < -0.4 is 5.32 Å². The van der Waals surface area contributed by atoms with Gasteiger partial charge in [-0.15, -0.1) is 0 Å². The van der Waals surface area contributed by atoms with Gasteiger partial charge in [0, 0.05) is 23.4 Å². The van der Waals surface area contributed by atoms with Crippen LogP contribution in [0.1, 0.15) is 26.4 Å². The van der Waals surface area contributed by atoms with Crippen molar-refractivity contribution in [2.75, 3.05) is 12.4 Å². The van der Waals surface area contributed by atoms with Gasteiger partial charge in [0.05, 0.1) is 23.4 Å². The number of rotatable bonds is 3. The lowest BCUT2D eigenvalue weighted by molar-refractivity contribution is 0.0640. The van der Waals surface area contributed by atoms with Gasteiger partial charge in [0.2, 0.25) is 0 Å². The van der Waals surface area contributed by atoms with Crippen LogP contribution in [0.2, 0.25) is 0 Å². The van der Waals surface area contributed by atoms with E-state index in [0.29, 0.717) is 16.8 Å². The number of aromatic nitrogens is 1. The molecule has 106 valence electrons. The Bertz CT molecular complexity index is 745. The maximum absolute atomic E-state index is 12.4. The summed E-state index contributed by atoms with van der Waals surface area (Å²) in [5.41, 5.74) is 2.42. The van der Waals surface area contributed by atoms with Crippen molar-refractivity contribution >= 4 is 33.4 Å². The molecule has 1 aromatic carbocycles. The third kappa shape index (κ3) is 2.42. The molecule has 5 nitrogen and oxygen atoms in total. The Hall–Kier alpha value is -2.21. The molecule has 2 heterocycles. The Morgan fingerprint density at radius 2 is 1.90 bits per heavy atom. The molecule has 0 saturated heterocycles. The van der Waals surface area contributed by atoms with Crippen molar-refractivity contribution in [1.29, 1.82) is 0 Å². The highest BCUT2D eigenvalue weighted by Crippen LogP contribution is 2.27. The molecule has 1 N–H and O–H groups in total. The average molecular weight is 346 g/mol. The first-order valence-electron chi connectivity index (χ1n) is 6.38. The summed E-state index contributed by atoms with van der Waals surface area (Å²) in [6.45, 7) is 0.166. The molecule has 1 aliphatic rings. The first kappa shape index (κ1) is 13.8. The number of amides is 2. The number of fused-ring (bicyclic) bond motifs is 1. The molecule has 0 radical (unpaired) electrons. The van der Waals surface area contributed by atoms with Gasteiger partial charge in [0.15, 0.2) is 0 Å². The molecular formula is C15H12BrN3O2. The standard InChI is InChI=1S/C15H12BrN3O2/c1-17-10-4-5-18-11(7-10)8-19-14(20)12-3-2-9(16)6-13(12)15(19)21/h2-7H,8H2,1H3,(H,17,18). The zero-order valence-corrected chi connectivity index (χ0v) is 12.8. The van der Waals surface area contributed by atoms with E-state index in [0.717, 1.165) is 10.2 Å². The van der Waals surface area contributed by atoms with Gasteiger partial charge >= 0.3 is 0 Å². The molecule has 0 fully saturated rings. The molecule has 21 heavy (non-hydrogen) atoms. The van der Waals surface area contributed by atoms with Crippen molar-refractivity contribution in [3.63, 3.8) is 0 Å².